The fourth-order valence-electron chi connectivity index (χ4n) is 1.32. The molecule has 1 saturated heterocycles. The van der Waals surface area contributed by atoms with E-state index in [-0.39, 0.29) is 18.2 Å². The van der Waals surface area contributed by atoms with Crippen LogP contribution in [0, 0.1) is 0 Å². The molecule has 2 unspecified atom stereocenters. The Balaban J connectivity index is 2.23. The largest absolute Gasteiger partial charge is 0.394 e. The fourth-order valence-corrected chi connectivity index (χ4v) is 1.32. The topological polar surface area (TPSA) is 50.7 Å². The van der Waals surface area contributed by atoms with Crippen molar-refractivity contribution in [3.8, 4) is 0 Å². The Labute approximate surface area is 85.6 Å². The van der Waals surface area contributed by atoms with Crippen molar-refractivity contribution in [2.24, 2.45) is 0 Å². The molecule has 0 spiro atoms. The maximum absolute atomic E-state index is 9.19. The second kappa shape index (κ2) is 5.66. The van der Waals surface area contributed by atoms with Crippen molar-refractivity contribution in [3.63, 3.8) is 0 Å². The lowest BCUT2D eigenvalue weighted by molar-refractivity contribution is -0.138. The third-order valence-corrected chi connectivity index (χ3v) is 2.86. The third-order valence-electron chi connectivity index (χ3n) is 2.86. The average molecular weight is 203 g/mol. The summed E-state index contributed by atoms with van der Waals surface area (Å²) in [6, 6.07) is 0. The zero-order valence-corrected chi connectivity index (χ0v) is 9.08. The summed E-state index contributed by atoms with van der Waals surface area (Å²) in [5.74, 6) is 0. The van der Waals surface area contributed by atoms with E-state index < -0.39 is 0 Å². The lowest BCUT2D eigenvalue weighted by Crippen LogP contribution is -2.49. The Morgan fingerprint density at radius 1 is 1.57 bits per heavy atom. The summed E-state index contributed by atoms with van der Waals surface area (Å²) < 4.78 is 10.5. The van der Waals surface area contributed by atoms with E-state index in [1.165, 1.54) is 0 Å². The normalized spacial score (nSPS) is 27.2. The Morgan fingerprint density at radius 2 is 2.36 bits per heavy atom. The highest BCUT2D eigenvalue weighted by molar-refractivity contribution is 4.82. The van der Waals surface area contributed by atoms with Crippen LogP contribution in [-0.2, 0) is 9.47 Å². The summed E-state index contributed by atoms with van der Waals surface area (Å²) in [4.78, 5) is 0. The minimum atomic E-state index is -0.179. The summed E-state index contributed by atoms with van der Waals surface area (Å²) in [6.45, 7) is 6.20. The van der Waals surface area contributed by atoms with Gasteiger partial charge in [0.15, 0.2) is 0 Å². The highest BCUT2D eigenvalue weighted by atomic mass is 16.7. The molecular formula is C10H21NO3. The Morgan fingerprint density at radius 3 is 2.86 bits per heavy atom. The first-order chi connectivity index (χ1) is 6.70. The second-order valence-electron chi connectivity index (χ2n) is 4.06. The molecule has 1 aliphatic heterocycles. The Bertz CT molecular complexity index is 153. The van der Waals surface area contributed by atoms with Crippen LogP contribution in [0.5, 0.6) is 0 Å². The molecule has 0 bridgehead atoms. The van der Waals surface area contributed by atoms with Crippen LogP contribution in [0.2, 0.25) is 0 Å². The lowest BCUT2D eigenvalue weighted by Gasteiger charge is -2.31. The smallest absolute Gasteiger partial charge is 0.147 e. The van der Waals surface area contributed by atoms with Crippen LogP contribution in [0.3, 0.4) is 0 Å². The number of aliphatic hydroxyl groups excluding tert-OH is 1. The van der Waals surface area contributed by atoms with Gasteiger partial charge in [-0.3, -0.25) is 0 Å². The third kappa shape index (κ3) is 3.53. The van der Waals surface area contributed by atoms with E-state index in [1.807, 2.05) is 6.92 Å². The van der Waals surface area contributed by atoms with Gasteiger partial charge in [-0.2, -0.15) is 0 Å². The molecule has 0 radical (unpaired) electrons. The van der Waals surface area contributed by atoms with Crippen molar-refractivity contribution in [1.29, 1.82) is 0 Å². The summed E-state index contributed by atoms with van der Waals surface area (Å²) in [5.41, 5.74) is -0.179. The fraction of sp³-hybridized carbons (Fsp3) is 1.00. The number of ether oxygens (including phenoxy) is 2. The van der Waals surface area contributed by atoms with Gasteiger partial charge in [0.2, 0.25) is 0 Å². The van der Waals surface area contributed by atoms with Crippen molar-refractivity contribution in [2.75, 3.05) is 26.6 Å². The van der Waals surface area contributed by atoms with Crippen molar-refractivity contribution in [3.05, 3.63) is 0 Å². The van der Waals surface area contributed by atoms with Crippen LogP contribution >= 0.6 is 0 Å². The predicted octanol–water partition coefficient (Wildman–Crippen LogP) is 0.500. The summed E-state index contributed by atoms with van der Waals surface area (Å²) >= 11 is 0. The van der Waals surface area contributed by atoms with Crippen molar-refractivity contribution in [1.82, 2.24) is 5.32 Å². The molecule has 0 saturated carbocycles. The molecule has 4 heteroatoms. The summed E-state index contributed by atoms with van der Waals surface area (Å²) in [5, 5.41) is 12.5. The average Bonchev–Trinajstić information content (AvgIpc) is 2.27. The van der Waals surface area contributed by atoms with E-state index in [1.54, 1.807) is 0 Å². The maximum atomic E-state index is 9.19. The molecule has 0 aromatic carbocycles. The van der Waals surface area contributed by atoms with Gasteiger partial charge in [-0.25, -0.2) is 0 Å². The molecule has 0 aliphatic carbocycles. The van der Waals surface area contributed by atoms with Crippen LogP contribution in [0.15, 0.2) is 0 Å². The number of nitrogens with one attached hydrogen (secondary N) is 1. The van der Waals surface area contributed by atoms with Crippen LogP contribution in [-0.4, -0.2) is 43.3 Å². The van der Waals surface area contributed by atoms with E-state index in [2.05, 4.69) is 12.2 Å². The molecule has 14 heavy (non-hydrogen) atoms. The van der Waals surface area contributed by atoms with Gasteiger partial charge < -0.3 is 19.9 Å². The molecule has 1 fully saturated rings. The van der Waals surface area contributed by atoms with Crippen molar-refractivity contribution < 1.29 is 14.6 Å². The van der Waals surface area contributed by atoms with Gasteiger partial charge in [-0.05, 0) is 19.8 Å². The zero-order valence-electron chi connectivity index (χ0n) is 9.08. The van der Waals surface area contributed by atoms with Gasteiger partial charge in [0, 0.05) is 12.1 Å². The summed E-state index contributed by atoms with van der Waals surface area (Å²) in [6.07, 6.45) is 2.06. The van der Waals surface area contributed by atoms with Crippen LogP contribution < -0.4 is 5.32 Å². The van der Waals surface area contributed by atoms with E-state index in [9.17, 15) is 5.11 Å². The molecule has 0 amide bonds. The Kier molecular flexibility index (Phi) is 4.81. The van der Waals surface area contributed by atoms with Crippen molar-refractivity contribution in [2.45, 2.75) is 38.3 Å². The first-order valence-electron chi connectivity index (χ1n) is 5.25. The van der Waals surface area contributed by atoms with Gasteiger partial charge >= 0.3 is 0 Å². The molecule has 2 atom stereocenters. The predicted molar refractivity (Wildman–Crippen MR) is 54.1 cm³/mol. The highest BCUT2D eigenvalue weighted by Crippen LogP contribution is 2.10. The minimum Gasteiger partial charge on any atom is -0.394 e. The maximum Gasteiger partial charge on any atom is 0.147 e. The Hall–Kier alpha value is -0.160. The number of rotatable bonds is 5. The van der Waals surface area contributed by atoms with Crippen LogP contribution in [0.1, 0.15) is 26.7 Å². The molecule has 1 aliphatic rings. The summed E-state index contributed by atoms with van der Waals surface area (Å²) in [7, 11) is 0. The van der Waals surface area contributed by atoms with Crippen LogP contribution in [0.4, 0.5) is 0 Å². The molecule has 84 valence electrons. The molecule has 1 rings (SSSR count). The zero-order chi connectivity index (χ0) is 10.4. The molecule has 2 N–H and O–H groups in total. The van der Waals surface area contributed by atoms with Gasteiger partial charge in [0.1, 0.15) is 6.79 Å². The number of hydrogen-bond donors (Lipinski definition) is 2. The monoisotopic (exact) mass is 203 g/mol. The molecule has 4 nitrogen and oxygen atoms in total. The lowest BCUT2D eigenvalue weighted by atomic mass is 10.00. The molecule has 1 heterocycles. The highest BCUT2D eigenvalue weighted by Gasteiger charge is 2.22. The minimum absolute atomic E-state index is 0.159. The van der Waals surface area contributed by atoms with E-state index in [0.29, 0.717) is 6.79 Å². The first kappa shape index (κ1) is 11.9. The van der Waals surface area contributed by atoms with E-state index in [4.69, 9.17) is 9.47 Å². The molecule has 0 aromatic rings. The number of aliphatic hydroxyl groups is 1. The van der Waals surface area contributed by atoms with Crippen LogP contribution in [0.25, 0.3) is 0 Å². The molecule has 0 aromatic heterocycles. The van der Waals surface area contributed by atoms with E-state index in [0.717, 1.165) is 26.0 Å². The SMILES string of the molecule is CCC(C)(CO)NCC1CCOCO1. The van der Waals surface area contributed by atoms with Gasteiger partial charge in [-0.15, -0.1) is 0 Å². The standard InChI is InChI=1S/C10H21NO3/c1-3-10(2,7-12)11-6-9-4-5-13-8-14-9/h9,11-12H,3-8H2,1-2H3. The van der Waals surface area contributed by atoms with Gasteiger partial charge in [-0.1, -0.05) is 6.92 Å². The van der Waals surface area contributed by atoms with E-state index >= 15 is 0 Å². The van der Waals surface area contributed by atoms with Crippen molar-refractivity contribution >= 4 is 0 Å². The van der Waals surface area contributed by atoms with Gasteiger partial charge in [0.25, 0.3) is 0 Å². The van der Waals surface area contributed by atoms with Gasteiger partial charge in [0.05, 0.1) is 19.3 Å². The quantitative estimate of drug-likeness (QED) is 0.683. The first-order valence-corrected chi connectivity index (χ1v) is 5.25. The second-order valence-corrected chi connectivity index (χ2v) is 4.06. The molecular weight excluding hydrogens is 182 g/mol. The number of hydrogen-bond acceptors (Lipinski definition) is 4.